The fourth-order valence-electron chi connectivity index (χ4n) is 3.37. The maximum Gasteiger partial charge on any atom is 0.340 e. The van der Waals surface area contributed by atoms with Gasteiger partial charge < -0.3 is 4.74 Å². The van der Waals surface area contributed by atoms with Crippen LogP contribution in [0.25, 0.3) is 22.2 Å². The molecule has 0 fully saturated rings. The van der Waals surface area contributed by atoms with E-state index in [-0.39, 0.29) is 23.2 Å². The van der Waals surface area contributed by atoms with E-state index in [4.69, 9.17) is 4.74 Å². The number of rotatable bonds is 6. The Kier molecular flexibility index (Phi) is 5.75. The number of esters is 1. The van der Waals surface area contributed by atoms with Crippen LogP contribution < -0.4 is 11.2 Å². The van der Waals surface area contributed by atoms with Crippen molar-refractivity contribution in [3.63, 3.8) is 0 Å². The van der Waals surface area contributed by atoms with Crippen molar-refractivity contribution in [1.29, 1.82) is 0 Å². The third-order valence-corrected chi connectivity index (χ3v) is 4.95. The minimum absolute atomic E-state index is 0.0949. The lowest BCUT2D eigenvalue weighted by molar-refractivity contribution is 0.0472. The highest BCUT2D eigenvalue weighted by atomic mass is 16.5. The second-order valence-electron chi connectivity index (χ2n) is 7.15. The number of carbonyl (C=O) groups is 1. The Hall–Kier alpha value is -4.00. The fourth-order valence-corrected chi connectivity index (χ4v) is 3.37. The second kappa shape index (κ2) is 8.79. The van der Waals surface area contributed by atoms with Gasteiger partial charge in [0.15, 0.2) is 0 Å². The lowest BCUT2D eigenvalue weighted by atomic mass is 10.0. The standard InChI is InChI=1S/C24H21N3O4/c1-2-12-27-21-20(22(28)26-24(27)30)13-19(14-25-21)23(29)31-15-16-8-10-18(11-9-16)17-6-4-3-5-7-17/h3-11,13-14H,2,12,15H2,1H3,(H,26,28,30). The summed E-state index contributed by atoms with van der Waals surface area (Å²) in [6, 6.07) is 19.2. The molecule has 0 saturated heterocycles. The monoisotopic (exact) mass is 415 g/mol. The van der Waals surface area contributed by atoms with Crippen molar-refractivity contribution in [3.05, 3.63) is 98.8 Å². The third-order valence-electron chi connectivity index (χ3n) is 4.95. The number of nitrogens with zero attached hydrogens (tertiary/aromatic N) is 2. The van der Waals surface area contributed by atoms with Crippen LogP contribution in [0.4, 0.5) is 0 Å². The molecule has 7 heteroatoms. The molecule has 0 bridgehead atoms. The number of benzene rings is 2. The van der Waals surface area contributed by atoms with Crippen LogP contribution >= 0.6 is 0 Å². The van der Waals surface area contributed by atoms with Gasteiger partial charge in [-0.05, 0) is 29.2 Å². The van der Waals surface area contributed by atoms with Crippen molar-refractivity contribution in [2.75, 3.05) is 0 Å². The van der Waals surface area contributed by atoms with Gasteiger partial charge in [0, 0.05) is 12.7 Å². The van der Waals surface area contributed by atoms with Gasteiger partial charge in [0.25, 0.3) is 5.56 Å². The molecule has 0 unspecified atom stereocenters. The van der Waals surface area contributed by atoms with Crippen LogP contribution in [0, 0.1) is 0 Å². The number of fused-ring (bicyclic) bond motifs is 1. The first-order valence-corrected chi connectivity index (χ1v) is 10.0. The van der Waals surface area contributed by atoms with E-state index in [9.17, 15) is 14.4 Å². The zero-order chi connectivity index (χ0) is 21.8. The van der Waals surface area contributed by atoms with Crippen LogP contribution in [0.3, 0.4) is 0 Å². The van der Waals surface area contributed by atoms with Gasteiger partial charge in [-0.15, -0.1) is 0 Å². The minimum atomic E-state index is -0.589. The molecule has 0 radical (unpaired) electrons. The van der Waals surface area contributed by atoms with E-state index in [2.05, 4.69) is 9.97 Å². The summed E-state index contributed by atoms with van der Waals surface area (Å²) in [7, 11) is 0. The van der Waals surface area contributed by atoms with Crippen LogP contribution in [-0.4, -0.2) is 20.5 Å². The van der Waals surface area contributed by atoms with Crippen LogP contribution in [0.1, 0.15) is 29.3 Å². The summed E-state index contributed by atoms with van der Waals surface area (Å²) in [5.41, 5.74) is 2.35. The Labute approximate surface area is 178 Å². The van der Waals surface area contributed by atoms with Crippen molar-refractivity contribution >= 4 is 17.0 Å². The summed E-state index contributed by atoms with van der Waals surface area (Å²) in [5, 5.41) is 0.176. The van der Waals surface area contributed by atoms with Crippen LogP contribution in [-0.2, 0) is 17.9 Å². The van der Waals surface area contributed by atoms with Gasteiger partial charge in [-0.3, -0.25) is 14.3 Å². The molecular formula is C24H21N3O4. The van der Waals surface area contributed by atoms with Crippen LogP contribution in [0.2, 0.25) is 0 Å². The minimum Gasteiger partial charge on any atom is -0.457 e. The number of nitrogens with one attached hydrogen (secondary N) is 1. The molecular weight excluding hydrogens is 394 g/mol. The average molecular weight is 415 g/mol. The molecule has 4 aromatic rings. The lowest BCUT2D eigenvalue weighted by Gasteiger charge is -2.09. The number of H-pyrrole nitrogens is 1. The Bertz CT molecular complexity index is 1340. The SMILES string of the molecule is CCCn1c(=O)[nH]c(=O)c2cc(C(=O)OCc3ccc(-c4ccccc4)cc3)cnc21. The predicted octanol–water partition coefficient (Wildman–Crippen LogP) is 3.52. The first kappa shape index (κ1) is 20.3. The molecule has 0 aliphatic carbocycles. The molecule has 7 nitrogen and oxygen atoms in total. The van der Waals surface area contributed by atoms with Gasteiger partial charge >= 0.3 is 11.7 Å². The third kappa shape index (κ3) is 4.30. The Morgan fingerprint density at radius 3 is 2.45 bits per heavy atom. The van der Waals surface area contributed by atoms with Gasteiger partial charge in [-0.25, -0.2) is 14.6 Å². The number of ether oxygens (including phenoxy) is 1. The quantitative estimate of drug-likeness (QED) is 0.486. The number of hydrogen-bond acceptors (Lipinski definition) is 5. The zero-order valence-corrected chi connectivity index (χ0v) is 17.0. The highest BCUT2D eigenvalue weighted by molar-refractivity contribution is 5.92. The van der Waals surface area contributed by atoms with Crippen molar-refractivity contribution in [1.82, 2.24) is 14.5 Å². The highest BCUT2D eigenvalue weighted by Crippen LogP contribution is 2.19. The summed E-state index contributed by atoms with van der Waals surface area (Å²) in [6.45, 7) is 2.43. The van der Waals surface area contributed by atoms with Gasteiger partial charge in [0.2, 0.25) is 0 Å². The molecule has 0 amide bonds. The Morgan fingerprint density at radius 2 is 1.74 bits per heavy atom. The van der Waals surface area contributed by atoms with E-state index < -0.39 is 17.2 Å². The molecule has 0 saturated carbocycles. The Balaban J connectivity index is 1.51. The summed E-state index contributed by atoms with van der Waals surface area (Å²) < 4.78 is 6.78. The molecule has 1 N–H and O–H groups in total. The summed E-state index contributed by atoms with van der Waals surface area (Å²) >= 11 is 0. The van der Waals surface area contributed by atoms with Crippen LogP contribution in [0.5, 0.6) is 0 Å². The van der Waals surface area contributed by atoms with E-state index in [1.165, 1.54) is 16.8 Å². The van der Waals surface area contributed by atoms with Crippen molar-refractivity contribution in [2.45, 2.75) is 26.5 Å². The first-order valence-electron chi connectivity index (χ1n) is 10.0. The van der Waals surface area contributed by atoms with Crippen molar-refractivity contribution in [2.24, 2.45) is 0 Å². The molecule has 2 aromatic carbocycles. The summed E-state index contributed by atoms with van der Waals surface area (Å²) in [6.07, 6.45) is 2.03. The molecule has 156 valence electrons. The van der Waals surface area contributed by atoms with Gasteiger partial charge in [0.1, 0.15) is 12.3 Å². The van der Waals surface area contributed by atoms with E-state index in [1.54, 1.807) is 0 Å². The number of aryl methyl sites for hydroxylation is 1. The maximum absolute atomic E-state index is 12.5. The number of hydrogen-bond donors (Lipinski definition) is 1. The summed E-state index contributed by atoms with van der Waals surface area (Å²) in [4.78, 5) is 43.2. The fraction of sp³-hybridized carbons (Fsp3) is 0.167. The molecule has 4 rings (SSSR count). The van der Waals surface area contributed by atoms with E-state index in [1.807, 2.05) is 61.5 Å². The zero-order valence-electron chi connectivity index (χ0n) is 17.0. The molecule has 0 aliphatic rings. The predicted molar refractivity (Wildman–Crippen MR) is 118 cm³/mol. The highest BCUT2D eigenvalue weighted by Gasteiger charge is 2.14. The molecule has 31 heavy (non-hydrogen) atoms. The van der Waals surface area contributed by atoms with Crippen molar-refractivity contribution < 1.29 is 9.53 Å². The number of aromatic amines is 1. The number of aromatic nitrogens is 3. The van der Waals surface area contributed by atoms with Crippen molar-refractivity contribution in [3.8, 4) is 11.1 Å². The summed E-state index contributed by atoms with van der Waals surface area (Å²) in [5.74, 6) is -0.589. The van der Waals surface area contributed by atoms with Gasteiger partial charge in [-0.1, -0.05) is 61.5 Å². The van der Waals surface area contributed by atoms with Gasteiger partial charge in [0.05, 0.1) is 10.9 Å². The second-order valence-corrected chi connectivity index (χ2v) is 7.15. The smallest absolute Gasteiger partial charge is 0.340 e. The Morgan fingerprint density at radius 1 is 1.03 bits per heavy atom. The van der Waals surface area contributed by atoms with E-state index in [0.717, 1.165) is 16.7 Å². The molecule has 2 heterocycles. The lowest BCUT2D eigenvalue weighted by Crippen LogP contribution is -2.31. The van der Waals surface area contributed by atoms with Gasteiger partial charge in [-0.2, -0.15) is 0 Å². The maximum atomic E-state index is 12.5. The van der Waals surface area contributed by atoms with Crippen LogP contribution in [0.15, 0.2) is 76.4 Å². The topological polar surface area (TPSA) is 94.1 Å². The molecule has 0 atom stereocenters. The molecule has 2 aromatic heterocycles. The number of carbonyl (C=O) groups excluding carboxylic acids is 1. The van der Waals surface area contributed by atoms with E-state index >= 15 is 0 Å². The average Bonchev–Trinajstić information content (AvgIpc) is 2.81. The first-order chi connectivity index (χ1) is 15.1. The molecule has 0 spiro atoms. The largest absolute Gasteiger partial charge is 0.457 e. The number of pyridine rings is 1. The normalized spacial score (nSPS) is 10.9. The van der Waals surface area contributed by atoms with E-state index in [0.29, 0.717) is 13.0 Å². The molecule has 0 aliphatic heterocycles.